The van der Waals surface area contributed by atoms with Crippen molar-refractivity contribution in [3.05, 3.63) is 0 Å². The molecule has 0 rings (SSSR count). The summed E-state index contributed by atoms with van der Waals surface area (Å²) in [5, 5.41) is 42.5. The Bertz CT molecular complexity index is 250. The second-order valence-corrected chi connectivity index (χ2v) is 6.49. The molecule has 0 aliphatic rings. The third-order valence-electron chi connectivity index (χ3n) is 4.23. The van der Waals surface area contributed by atoms with Crippen LogP contribution < -0.4 is 10.6 Å². The molecule has 0 heterocycles. The summed E-state index contributed by atoms with van der Waals surface area (Å²) in [5.74, 6) is 0. The van der Waals surface area contributed by atoms with Crippen LogP contribution in [-0.4, -0.2) is 122 Å². The highest BCUT2D eigenvalue weighted by Crippen LogP contribution is 1.96. The van der Waals surface area contributed by atoms with Crippen molar-refractivity contribution >= 4 is 0 Å². The maximum atomic E-state index is 9.10. The van der Waals surface area contributed by atoms with Crippen molar-refractivity contribution < 1.29 is 20.4 Å². The highest BCUT2D eigenvalue weighted by atomic mass is 16.3. The minimum atomic E-state index is 0.206. The van der Waals surface area contributed by atoms with E-state index in [0.717, 1.165) is 91.1 Å². The van der Waals surface area contributed by atoms with Gasteiger partial charge in [0.25, 0.3) is 0 Å². The summed E-state index contributed by atoms with van der Waals surface area (Å²) in [5.41, 5.74) is 0. The average Bonchev–Trinajstić information content (AvgIpc) is 2.66. The summed E-state index contributed by atoms with van der Waals surface area (Å²) < 4.78 is 0. The maximum absolute atomic E-state index is 9.10. The average molecular weight is 379 g/mol. The first-order chi connectivity index (χ1) is 12.8. The SMILES string of the molecule is OCCCNCCN(CCCO)CCN(CCCO)CCNCCCO. The van der Waals surface area contributed by atoms with E-state index in [9.17, 15) is 0 Å². The molecule has 6 N–H and O–H groups in total. The Morgan fingerprint density at radius 1 is 0.423 bits per heavy atom. The van der Waals surface area contributed by atoms with Gasteiger partial charge in [-0.15, -0.1) is 0 Å². The summed E-state index contributed by atoms with van der Waals surface area (Å²) in [7, 11) is 0. The highest BCUT2D eigenvalue weighted by Gasteiger charge is 2.09. The number of nitrogens with zero attached hydrogens (tertiary/aromatic N) is 2. The molecule has 0 unspecified atom stereocenters. The first-order valence-corrected chi connectivity index (χ1v) is 10.1. The fourth-order valence-electron chi connectivity index (χ4n) is 2.67. The zero-order chi connectivity index (χ0) is 19.3. The fraction of sp³-hybridized carbons (Fsp3) is 1.00. The van der Waals surface area contributed by atoms with Crippen molar-refractivity contribution in [3.63, 3.8) is 0 Å². The molecule has 158 valence electrons. The van der Waals surface area contributed by atoms with Gasteiger partial charge in [0.2, 0.25) is 0 Å². The van der Waals surface area contributed by atoms with Crippen molar-refractivity contribution in [2.24, 2.45) is 0 Å². The lowest BCUT2D eigenvalue weighted by Gasteiger charge is -2.28. The van der Waals surface area contributed by atoms with Gasteiger partial charge in [0.05, 0.1) is 0 Å². The van der Waals surface area contributed by atoms with Crippen LogP contribution in [0.25, 0.3) is 0 Å². The Balaban J connectivity index is 4.15. The predicted octanol–water partition coefficient (Wildman–Crippen LogP) is -1.70. The lowest BCUT2D eigenvalue weighted by atomic mass is 10.3. The van der Waals surface area contributed by atoms with Crippen molar-refractivity contribution in [2.45, 2.75) is 25.7 Å². The van der Waals surface area contributed by atoms with Gasteiger partial charge < -0.3 is 40.9 Å². The van der Waals surface area contributed by atoms with E-state index >= 15 is 0 Å². The summed E-state index contributed by atoms with van der Waals surface area (Å²) in [4.78, 5) is 4.71. The summed E-state index contributed by atoms with van der Waals surface area (Å²) in [6, 6.07) is 0. The first kappa shape index (κ1) is 25.7. The molecular weight excluding hydrogens is 336 g/mol. The molecule has 8 heteroatoms. The van der Waals surface area contributed by atoms with Gasteiger partial charge >= 0.3 is 0 Å². The Morgan fingerprint density at radius 3 is 1.15 bits per heavy atom. The normalized spacial score (nSPS) is 11.8. The van der Waals surface area contributed by atoms with Crippen LogP contribution in [0, 0.1) is 0 Å². The zero-order valence-electron chi connectivity index (χ0n) is 16.4. The van der Waals surface area contributed by atoms with Crippen LogP contribution in [0.1, 0.15) is 25.7 Å². The lowest BCUT2D eigenvalue weighted by molar-refractivity contribution is 0.176. The second kappa shape index (κ2) is 21.0. The molecule has 0 aliphatic carbocycles. The standard InChI is InChI=1S/C18H42N4O4/c23-15-1-5-19-7-11-21(9-3-17-25)13-14-22(10-4-18-26)12-8-20-6-2-16-24/h19-20,23-26H,1-18H2. The van der Waals surface area contributed by atoms with Crippen molar-refractivity contribution in [1.29, 1.82) is 0 Å². The number of aliphatic hydroxyl groups excluding tert-OH is 4. The fourth-order valence-corrected chi connectivity index (χ4v) is 2.67. The number of nitrogens with one attached hydrogen (secondary N) is 2. The molecular formula is C18H42N4O4. The van der Waals surface area contributed by atoms with E-state index in [1.807, 2.05) is 0 Å². The Kier molecular flexibility index (Phi) is 20.7. The van der Waals surface area contributed by atoms with Crippen molar-refractivity contribution in [2.75, 3.05) is 91.9 Å². The van der Waals surface area contributed by atoms with Gasteiger partial charge in [0.1, 0.15) is 0 Å². The molecule has 26 heavy (non-hydrogen) atoms. The van der Waals surface area contributed by atoms with E-state index in [0.29, 0.717) is 0 Å². The molecule has 0 amide bonds. The summed E-state index contributed by atoms with van der Waals surface area (Å²) >= 11 is 0. The number of rotatable bonds is 21. The quantitative estimate of drug-likeness (QED) is 0.131. The van der Waals surface area contributed by atoms with Crippen LogP contribution in [0.2, 0.25) is 0 Å². The van der Waals surface area contributed by atoms with Crippen LogP contribution in [0.5, 0.6) is 0 Å². The minimum absolute atomic E-state index is 0.206. The molecule has 0 aromatic rings. The van der Waals surface area contributed by atoms with Gasteiger partial charge in [-0.3, -0.25) is 0 Å². The zero-order valence-corrected chi connectivity index (χ0v) is 16.4. The van der Waals surface area contributed by atoms with Crippen LogP contribution >= 0.6 is 0 Å². The van der Waals surface area contributed by atoms with Crippen LogP contribution in [0.4, 0.5) is 0 Å². The molecule has 8 nitrogen and oxygen atoms in total. The molecule has 0 spiro atoms. The van der Waals surface area contributed by atoms with Gasteiger partial charge in [-0.25, -0.2) is 0 Å². The van der Waals surface area contributed by atoms with Crippen LogP contribution in [-0.2, 0) is 0 Å². The molecule has 0 aromatic heterocycles. The largest absolute Gasteiger partial charge is 0.396 e. The molecule has 0 bridgehead atoms. The van der Waals surface area contributed by atoms with Gasteiger partial charge in [0.15, 0.2) is 0 Å². The molecule has 0 saturated carbocycles. The molecule has 0 aliphatic heterocycles. The molecule has 0 fully saturated rings. The van der Waals surface area contributed by atoms with Gasteiger partial charge in [-0.05, 0) is 38.8 Å². The van der Waals surface area contributed by atoms with E-state index in [-0.39, 0.29) is 26.4 Å². The third-order valence-corrected chi connectivity index (χ3v) is 4.23. The first-order valence-electron chi connectivity index (χ1n) is 10.1. The highest BCUT2D eigenvalue weighted by molar-refractivity contribution is 4.66. The van der Waals surface area contributed by atoms with E-state index in [1.54, 1.807) is 0 Å². The molecule has 0 radical (unpaired) electrons. The number of aliphatic hydroxyl groups is 4. The smallest absolute Gasteiger partial charge is 0.0443 e. The van der Waals surface area contributed by atoms with Gasteiger partial charge in [-0.1, -0.05) is 0 Å². The number of hydrogen-bond acceptors (Lipinski definition) is 8. The van der Waals surface area contributed by atoms with Crippen LogP contribution in [0.15, 0.2) is 0 Å². The molecule has 0 atom stereocenters. The Labute approximate surface area is 159 Å². The van der Waals surface area contributed by atoms with Crippen molar-refractivity contribution in [3.8, 4) is 0 Å². The second-order valence-electron chi connectivity index (χ2n) is 6.49. The maximum Gasteiger partial charge on any atom is 0.0443 e. The summed E-state index contributed by atoms with van der Waals surface area (Å²) in [6.07, 6.45) is 3.09. The topological polar surface area (TPSA) is 111 Å². The monoisotopic (exact) mass is 378 g/mol. The number of hydrogen-bond donors (Lipinski definition) is 6. The van der Waals surface area contributed by atoms with Crippen LogP contribution in [0.3, 0.4) is 0 Å². The van der Waals surface area contributed by atoms with E-state index < -0.39 is 0 Å². The lowest BCUT2D eigenvalue weighted by Crippen LogP contribution is -2.41. The van der Waals surface area contributed by atoms with E-state index in [4.69, 9.17) is 20.4 Å². The minimum Gasteiger partial charge on any atom is -0.396 e. The summed E-state index contributed by atoms with van der Waals surface area (Å²) in [6.45, 7) is 9.72. The third kappa shape index (κ3) is 17.1. The Morgan fingerprint density at radius 2 is 0.808 bits per heavy atom. The van der Waals surface area contributed by atoms with Gasteiger partial charge in [-0.2, -0.15) is 0 Å². The van der Waals surface area contributed by atoms with E-state index in [2.05, 4.69) is 20.4 Å². The van der Waals surface area contributed by atoms with Crippen molar-refractivity contribution in [1.82, 2.24) is 20.4 Å². The molecule has 0 saturated heterocycles. The van der Waals surface area contributed by atoms with Gasteiger partial charge in [0, 0.05) is 78.8 Å². The predicted molar refractivity (Wildman–Crippen MR) is 105 cm³/mol. The Hall–Kier alpha value is -0.320. The molecule has 0 aromatic carbocycles. The van der Waals surface area contributed by atoms with E-state index in [1.165, 1.54) is 0 Å².